The molecule has 3 N–H and O–H groups in total. The summed E-state index contributed by atoms with van der Waals surface area (Å²) >= 11 is 0. The molecule has 1 heterocycles. The van der Waals surface area contributed by atoms with Crippen molar-refractivity contribution in [2.24, 2.45) is 4.99 Å². The third-order valence-electron chi connectivity index (χ3n) is 4.73. The fraction of sp³-hybridized carbons (Fsp3) is 0.217. The van der Waals surface area contributed by atoms with E-state index in [2.05, 4.69) is 15.3 Å². The second-order valence-electron chi connectivity index (χ2n) is 6.86. The number of carbonyl (C=O) groups excluding carboxylic acids is 1. The lowest BCUT2D eigenvalue weighted by atomic mass is 10.1. The van der Waals surface area contributed by atoms with Crippen molar-refractivity contribution >= 4 is 23.0 Å². The molecule has 0 unspecified atom stereocenters. The average molecular weight is 420 g/mol. The van der Waals surface area contributed by atoms with Gasteiger partial charge in [0, 0.05) is 6.42 Å². The lowest BCUT2D eigenvalue weighted by molar-refractivity contribution is -0.115. The van der Waals surface area contributed by atoms with Gasteiger partial charge < -0.3 is 10.4 Å². The van der Waals surface area contributed by atoms with Crippen LogP contribution >= 0.6 is 0 Å². The molecule has 0 radical (unpaired) electrons. The summed E-state index contributed by atoms with van der Waals surface area (Å²) in [6.07, 6.45) is 0.625. The Kier molecular flexibility index (Phi) is 6.81. The average Bonchev–Trinajstić information content (AvgIpc) is 2.77. The second kappa shape index (κ2) is 9.71. The van der Waals surface area contributed by atoms with Crippen LogP contribution in [0.25, 0.3) is 0 Å². The smallest absolute Gasteiger partial charge is 0.331 e. The van der Waals surface area contributed by atoms with Crippen molar-refractivity contribution in [3.05, 3.63) is 86.6 Å². The molecule has 8 nitrogen and oxygen atoms in total. The molecule has 0 atom stereocenters. The summed E-state index contributed by atoms with van der Waals surface area (Å²) in [6, 6.07) is 16.1. The summed E-state index contributed by atoms with van der Waals surface area (Å²) < 4.78 is 1.10. The first-order chi connectivity index (χ1) is 14.9. The van der Waals surface area contributed by atoms with Gasteiger partial charge in [0.25, 0.3) is 5.56 Å². The van der Waals surface area contributed by atoms with E-state index >= 15 is 0 Å². The van der Waals surface area contributed by atoms with E-state index in [4.69, 9.17) is 0 Å². The molecule has 3 aromatic rings. The van der Waals surface area contributed by atoms with Crippen molar-refractivity contribution in [2.75, 3.05) is 5.32 Å². The van der Waals surface area contributed by atoms with E-state index in [0.29, 0.717) is 29.9 Å². The molecule has 0 aliphatic carbocycles. The third-order valence-corrected chi connectivity index (χ3v) is 4.73. The van der Waals surface area contributed by atoms with E-state index in [1.165, 1.54) is 0 Å². The Morgan fingerprint density at radius 3 is 2.39 bits per heavy atom. The zero-order chi connectivity index (χ0) is 22.4. The maximum absolute atomic E-state index is 12.6. The normalized spacial score (nSPS) is 11.4. The standard InChI is InChI=1S/C23H24N4O4/c1-3-16(24-17-12-8-9-13-18(17)25-19(28)4-2)20-21(29)26-23(31)27(22(20)30)14-15-10-6-5-7-11-15/h5-13,30H,3-4,14H2,1-2H3,(H,25,28)(H,26,29,31). The molecule has 0 spiro atoms. The molecule has 0 aliphatic rings. The number of aromatic amines is 1. The van der Waals surface area contributed by atoms with E-state index in [1.807, 2.05) is 30.3 Å². The monoisotopic (exact) mass is 420 g/mol. The van der Waals surface area contributed by atoms with Gasteiger partial charge in [0.1, 0.15) is 5.56 Å². The van der Waals surface area contributed by atoms with Crippen LogP contribution in [0.4, 0.5) is 11.4 Å². The number of para-hydroxylation sites is 2. The van der Waals surface area contributed by atoms with Crippen molar-refractivity contribution in [3.8, 4) is 5.88 Å². The number of anilines is 1. The van der Waals surface area contributed by atoms with Crippen LogP contribution in [0.15, 0.2) is 69.2 Å². The zero-order valence-corrected chi connectivity index (χ0v) is 17.4. The number of benzene rings is 2. The molecule has 0 fully saturated rings. The van der Waals surface area contributed by atoms with E-state index in [0.717, 1.165) is 10.1 Å². The lowest BCUT2D eigenvalue weighted by Crippen LogP contribution is -2.34. The summed E-state index contributed by atoms with van der Waals surface area (Å²) in [5.74, 6) is -0.619. The number of aromatic hydroxyl groups is 1. The second-order valence-corrected chi connectivity index (χ2v) is 6.86. The van der Waals surface area contributed by atoms with Gasteiger partial charge in [0.05, 0.1) is 23.6 Å². The largest absolute Gasteiger partial charge is 0.494 e. The van der Waals surface area contributed by atoms with Gasteiger partial charge in [0.2, 0.25) is 11.8 Å². The van der Waals surface area contributed by atoms with Gasteiger partial charge in [-0.2, -0.15) is 0 Å². The van der Waals surface area contributed by atoms with Crippen molar-refractivity contribution in [1.82, 2.24) is 9.55 Å². The number of aliphatic imine (C=N–C) groups is 1. The minimum absolute atomic E-state index is 0.0744. The predicted molar refractivity (Wildman–Crippen MR) is 120 cm³/mol. The maximum Gasteiger partial charge on any atom is 0.331 e. The van der Waals surface area contributed by atoms with Crippen molar-refractivity contribution < 1.29 is 9.90 Å². The van der Waals surface area contributed by atoms with Gasteiger partial charge in [-0.1, -0.05) is 56.3 Å². The molecule has 1 aromatic heterocycles. The lowest BCUT2D eigenvalue weighted by Gasteiger charge is -2.13. The van der Waals surface area contributed by atoms with E-state index < -0.39 is 17.1 Å². The van der Waals surface area contributed by atoms with E-state index in [1.54, 1.807) is 38.1 Å². The van der Waals surface area contributed by atoms with Crippen LogP contribution in [0.2, 0.25) is 0 Å². The number of nitrogens with one attached hydrogen (secondary N) is 2. The van der Waals surface area contributed by atoms with Crippen LogP contribution in [0.5, 0.6) is 5.88 Å². The molecule has 8 heteroatoms. The van der Waals surface area contributed by atoms with Gasteiger partial charge in [-0.25, -0.2) is 4.79 Å². The molecule has 0 aliphatic heterocycles. The Balaban J connectivity index is 2.11. The van der Waals surface area contributed by atoms with E-state index in [-0.39, 0.29) is 18.0 Å². The summed E-state index contributed by atoms with van der Waals surface area (Å²) in [7, 11) is 0. The number of nitrogens with zero attached hydrogens (tertiary/aromatic N) is 2. The zero-order valence-electron chi connectivity index (χ0n) is 17.4. The van der Waals surface area contributed by atoms with Crippen molar-refractivity contribution in [1.29, 1.82) is 0 Å². The fourth-order valence-electron chi connectivity index (χ4n) is 3.11. The molecule has 160 valence electrons. The van der Waals surface area contributed by atoms with Crippen molar-refractivity contribution in [2.45, 2.75) is 33.2 Å². The molecule has 2 aromatic carbocycles. The first kappa shape index (κ1) is 21.8. The number of amides is 1. The van der Waals surface area contributed by atoms with Gasteiger partial charge in [0.15, 0.2) is 0 Å². The number of hydrogen-bond acceptors (Lipinski definition) is 5. The van der Waals surface area contributed by atoms with Crippen LogP contribution in [-0.4, -0.2) is 26.3 Å². The number of hydrogen-bond donors (Lipinski definition) is 3. The van der Waals surface area contributed by atoms with Gasteiger partial charge in [-0.3, -0.25) is 24.1 Å². The number of H-pyrrole nitrogens is 1. The Morgan fingerprint density at radius 2 is 1.71 bits per heavy atom. The van der Waals surface area contributed by atoms with Crippen molar-refractivity contribution in [3.63, 3.8) is 0 Å². The molecule has 3 rings (SSSR count). The highest BCUT2D eigenvalue weighted by Gasteiger charge is 2.19. The quantitative estimate of drug-likeness (QED) is 0.509. The third kappa shape index (κ3) is 4.98. The maximum atomic E-state index is 12.6. The molecule has 0 bridgehead atoms. The molecule has 31 heavy (non-hydrogen) atoms. The number of rotatable bonds is 7. The van der Waals surface area contributed by atoms with Crippen LogP contribution in [0.1, 0.15) is 37.8 Å². The van der Waals surface area contributed by atoms with Gasteiger partial charge >= 0.3 is 5.69 Å². The summed E-state index contributed by atoms with van der Waals surface area (Å²) in [4.78, 5) is 43.6. The topological polar surface area (TPSA) is 117 Å². The van der Waals surface area contributed by atoms with Crippen LogP contribution < -0.4 is 16.6 Å². The molecule has 1 amide bonds. The predicted octanol–water partition coefficient (Wildman–Crippen LogP) is 3.17. The number of aromatic nitrogens is 2. The molecule has 0 saturated carbocycles. The Labute approximate surface area is 178 Å². The van der Waals surface area contributed by atoms with Crippen LogP contribution in [0.3, 0.4) is 0 Å². The van der Waals surface area contributed by atoms with Crippen LogP contribution in [-0.2, 0) is 11.3 Å². The fourth-order valence-corrected chi connectivity index (χ4v) is 3.11. The molecular weight excluding hydrogens is 396 g/mol. The first-order valence-corrected chi connectivity index (χ1v) is 10.0. The Bertz CT molecular complexity index is 1230. The summed E-state index contributed by atoms with van der Waals surface area (Å²) in [5.41, 5.74) is 0.521. The van der Waals surface area contributed by atoms with Gasteiger partial charge in [-0.15, -0.1) is 0 Å². The summed E-state index contributed by atoms with van der Waals surface area (Å²) in [6.45, 7) is 3.62. The molecular formula is C23H24N4O4. The highest BCUT2D eigenvalue weighted by atomic mass is 16.3. The SMILES string of the molecule is CCC(=O)Nc1ccccc1N=C(CC)c1c(O)n(Cc2ccccc2)c(=O)[nH]c1=O. The van der Waals surface area contributed by atoms with Crippen LogP contribution in [0, 0.1) is 0 Å². The minimum Gasteiger partial charge on any atom is -0.494 e. The number of carbonyl (C=O) groups is 1. The summed E-state index contributed by atoms with van der Waals surface area (Å²) in [5, 5.41) is 13.6. The van der Waals surface area contributed by atoms with E-state index in [9.17, 15) is 19.5 Å². The minimum atomic E-state index is -0.720. The first-order valence-electron chi connectivity index (χ1n) is 10.0. The highest BCUT2D eigenvalue weighted by Crippen LogP contribution is 2.27. The molecule has 0 saturated heterocycles. The Morgan fingerprint density at radius 1 is 1.03 bits per heavy atom. The highest BCUT2D eigenvalue weighted by molar-refractivity contribution is 6.04. The Hall–Kier alpha value is -3.94. The van der Waals surface area contributed by atoms with Gasteiger partial charge in [-0.05, 0) is 24.1 Å².